The Labute approximate surface area is 143 Å². The zero-order chi connectivity index (χ0) is 19.1. The van der Waals surface area contributed by atoms with Gasteiger partial charge in [-0.15, -0.1) is 0 Å². The standard InChI is InChI=1S/C18H28O6/c1-15(2,3)17(7)9-11(13(19)23-21)18(8,16(4,5)6)12(10-17)14(20)24-22/h9-10,21-22H,1-8H3. The Morgan fingerprint density at radius 2 is 1.17 bits per heavy atom. The van der Waals surface area contributed by atoms with Crippen LogP contribution in [0.25, 0.3) is 0 Å². The van der Waals surface area contributed by atoms with E-state index in [2.05, 4.69) is 9.78 Å². The zero-order valence-electron chi connectivity index (χ0n) is 15.7. The van der Waals surface area contributed by atoms with Gasteiger partial charge in [0.1, 0.15) is 0 Å². The Hall–Kier alpha value is -1.66. The van der Waals surface area contributed by atoms with Crippen molar-refractivity contribution in [2.24, 2.45) is 21.7 Å². The second-order valence-electron chi connectivity index (χ2n) is 8.78. The minimum atomic E-state index is -1.13. The lowest BCUT2D eigenvalue weighted by molar-refractivity contribution is -0.233. The fourth-order valence-electron chi connectivity index (χ4n) is 2.94. The topological polar surface area (TPSA) is 93.1 Å². The van der Waals surface area contributed by atoms with Gasteiger partial charge in [0.25, 0.3) is 0 Å². The predicted molar refractivity (Wildman–Crippen MR) is 88.7 cm³/mol. The Morgan fingerprint density at radius 1 is 0.833 bits per heavy atom. The molecule has 1 rings (SSSR count). The summed E-state index contributed by atoms with van der Waals surface area (Å²) in [6.07, 6.45) is 3.45. The maximum atomic E-state index is 12.3. The van der Waals surface area contributed by atoms with E-state index in [9.17, 15) is 9.59 Å². The normalized spacial score (nSPS) is 27.9. The Morgan fingerprint density at radius 3 is 1.38 bits per heavy atom. The third-order valence-electron chi connectivity index (χ3n) is 5.69. The fraction of sp³-hybridized carbons (Fsp3) is 0.667. The number of rotatable bonds is 2. The van der Waals surface area contributed by atoms with Crippen LogP contribution in [0.2, 0.25) is 0 Å². The van der Waals surface area contributed by atoms with Crippen LogP contribution in [0.1, 0.15) is 55.4 Å². The molecule has 0 saturated heterocycles. The maximum absolute atomic E-state index is 12.3. The number of hydrogen-bond acceptors (Lipinski definition) is 6. The zero-order valence-corrected chi connectivity index (χ0v) is 15.7. The molecule has 1 aliphatic rings. The second kappa shape index (κ2) is 6.01. The van der Waals surface area contributed by atoms with Crippen LogP contribution >= 0.6 is 0 Å². The predicted octanol–water partition coefficient (Wildman–Crippen LogP) is 3.99. The third kappa shape index (κ3) is 3.00. The molecule has 136 valence electrons. The van der Waals surface area contributed by atoms with E-state index in [1.54, 1.807) is 19.1 Å². The summed E-state index contributed by atoms with van der Waals surface area (Å²) < 4.78 is 0. The Kier molecular flexibility index (Phi) is 5.10. The number of carbonyl (C=O) groups excluding carboxylic acids is 2. The van der Waals surface area contributed by atoms with E-state index >= 15 is 0 Å². The van der Waals surface area contributed by atoms with Gasteiger partial charge in [-0.1, -0.05) is 67.5 Å². The second-order valence-corrected chi connectivity index (χ2v) is 8.78. The molecule has 2 N–H and O–H groups in total. The van der Waals surface area contributed by atoms with Gasteiger partial charge in [-0.25, -0.2) is 9.59 Å². The Balaban J connectivity index is 3.87. The van der Waals surface area contributed by atoms with E-state index in [1.807, 2.05) is 48.5 Å². The highest BCUT2D eigenvalue weighted by Gasteiger charge is 2.55. The number of hydrogen-bond donors (Lipinski definition) is 2. The molecule has 0 aliphatic heterocycles. The fourth-order valence-corrected chi connectivity index (χ4v) is 2.94. The molecule has 0 bridgehead atoms. The lowest BCUT2D eigenvalue weighted by atomic mass is 9.52. The van der Waals surface area contributed by atoms with Crippen LogP contribution in [0.4, 0.5) is 0 Å². The smallest absolute Gasteiger partial charge is 0.296 e. The highest BCUT2D eigenvalue weighted by molar-refractivity contribution is 5.98. The lowest BCUT2D eigenvalue weighted by Crippen LogP contribution is -2.47. The highest BCUT2D eigenvalue weighted by atomic mass is 17.1. The van der Waals surface area contributed by atoms with E-state index in [0.717, 1.165) is 0 Å². The molecule has 0 atom stereocenters. The highest BCUT2D eigenvalue weighted by Crippen LogP contribution is 2.57. The third-order valence-corrected chi connectivity index (χ3v) is 5.69. The van der Waals surface area contributed by atoms with Crippen molar-refractivity contribution in [1.82, 2.24) is 0 Å². The van der Waals surface area contributed by atoms with Crippen molar-refractivity contribution >= 4 is 11.9 Å². The molecule has 24 heavy (non-hydrogen) atoms. The number of carbonyl (C=O) groups is 2. The van der Waals surface area contributed by atoms with Gasteiger partial charge in [0.05, 0.1) is 0 Å². The quantitative estimate of drug-likeness (QED) is 0.583. The van der Waals surface area contributed by atoms with Gasteiger partial charge in [-0.3, -0.25) is 9.78 Å². The van der Waals surface area contributed by atoms with Gasteiger partial charge in [-0.2, -0.15) is 10.5 Å². The summed E-state index contributed by atoms with van der Waals surface area (Å²) in [7, 11) is 0. The molecule has 0 heterocycles. The molecule has 0 amide bonds. The van der Waals surface area contributed by atoms with E-state index in [4.69, 9.17) is 10.5 Å². The van der Waals surface area contributed by atoms with Crippen molar-refractivity contribution in [3.63, 3.8) is 0 Å². The molecule has 0 saturated carbocycles. The van der Waals surface area contributed by atoms with E-state index < -0.39 is 28.2 Å². The van der Waals surface area contributed by atoms with Crippen LogP contribution < -0.4 is 0 Å². The monoisotopic (exact) mass is 340 g/mol. The molecule has 0 fully saturated rings. The van der Waals surface area contributed by atoms with Gasteiger partial charge < -0.3 is 0 Å². The summed E-state index contributed by atoms with van der Waals surface area (Å²) in [5.41, 5.74) is -2.49. The lowest BCUT2D eigenvalue weighted by Gasteiger charge is -2.50. The van der Waals surface area contributed by atoms with Crippen molar-refractivity contribution in [1.29, 1.82) is 0 Å². The van der Waals surface area contributed by atoms with Crippen molar-refractivity contribution in [2.45, 2.75) is 55.4 Å². The van der Waals surface area contributed by atoms with Crippen LogP contribution in [0.3, 0.4) is 0 Å². The van der Waals surface area contributed by atoms with Gasteiger partial charge in [-0.05, 0) is 10.8 Å². The summed E-state index contributed by atoms with van der Waals surface area (Å²) in [6.45, 7) is 15.0. The summed E-state index contributed by atoms with van der Waals surface area (Å²) >= 11 is 0. The molecule has 0 spiro atoms. The van der Waals surface area contributed by atoms with Crippen LogP contribution in [0.5, 0.6) is 0 Å². The Bertz CT molecular complexity index is 564. The average Bonchev–Trinajstić information content (AvgIpc) is 2.45. The molecule has 0 aromatic heterocycles. The summed E-state index contributed by atoms with van der Waals surface area (Å²) in [6, 6.07) is 0. The summed E-state index contributed by atoms with van der Waals surface area (Å²) in [5, 5.41) is 17.9. The van der Waals surface area contributed by atoms with E-state index in [0.29, 0.717) is 0 Å². The molecule has 6 nitrogen and oxygen atoms in total. The van der Waals surface area contributed by atoms with Crippen molar-refractivity contribution in [3.8, 4) is 0 Å². The largest absolute Gasteiger partial charge is 0.369 e. The van der Waals surface area contributed by atoms with Crippen molar-refractivity contribution in [2.75, 3.05) is 0 Å². The molecule has 0 unspecified atom stereocenters. The van der Waals surface area contributed by atoms with Crippen molar-refractivity contribution < 1.29 is 29.9 Å². The van der Waals surface area contributed by atoms with Gasteiger partial charge in [0.15, 0.2) is 0 Å². The maximum Gasteiger partial charge on any atom is 0.369 e. The molecule has 0 radical (unpaired) electrons. The molecule has 0 aromatic rings. The first kappa shape index (κ1) is 20.4. The van der Waals surface area contributed by atoms with Crippen LogP contribution in [0.15, 0.2) is 23.3 Å². The number of allylic oxidation sites excluding steroid dienone is 2. The van der Waals surface area contributed by atoms with Crippen LogP contribution in [-0.2, 0) is 19.4 Å². The van der Waals surface area contributed by atoms with Gasteiger partial charge >= 0.3 is 11.9 Å². The van der Waals surface area contributed by atoms with Gasteiger partial charge in [0, 0.05) is 22.0 Å². The summed E-state index contributed by atoms with van der Waals surface area (Å²) in [4.78, 5) is 32.6. The van der Waals surface area contributed by atoms with Crippen molar-refractivity contribution in [3.05, 3.63) is 23.3 Å². The minimum absolute atomic E-state index is 0.151. The molecule has 0 aromatic carbocycles. The van der Waals surface area contributed by atoms with Crippen LogP contribution in [0, 0.1) is 21.7 Å². The molecule has 6 heteroatoms. The first-order chi connectivity index (χ1) is 10.7. The average molecular weight is 340 g/mol. The molecular weight excluding hydrogens is 312 g/mol. The van der Waals surface area contributed by atoms with E-state index in [-0.39, 0.29) is 16.6 Å². The van der Waals surface area contributed by atoms with Gasteiger partial charge in [0.2, 0.25) is 0 Å². The van der Waals surface area contributed by atoms with E-state index in [1.165, 1.54) is 0 Å². The molecular formula is C18H28O6. The SMILES string of the molecule is CC(C)(C)C1(C)C=C(C(=O)OO)C(C)(C(C)(C)C)C(C(=O)OO)=C1. The first-order valence-corrected chi connectivity index (χ1v) is 7.84. The van der Waals surface area contributed by atoms with Crippen LogP contribution in [-0.4, -0.2) is 22.5 Å². The molecule has 1 aliphatic carbocycles. The summed E-state index contributed by atoms with van der Waals surface area (Å²) in [5.74, 6) is -1.86. The first-order valence-electron chi connectivity index (χ1n) is 7.84. The minimum Gasteiger partial charge on any atom is -0.296 e.